The summed E-state index contributed by atoms with van der Waals surface area (Å²) in [4.78, 5) is 2.26. The topological polar surface area (TPSA) is 89.4 Å². The van der Waals surface area contributed by atoms with Gasteiger partial charge in [-0.15, -0.1) is 0 Å². The molecule has 1 aromatic carbocycles. The summed E-state index contributed by atoms with van der Waals surface area (Å²) < 4.78 is 22.9. The zero-order valence-electron chi connectivity index (χ0n) is 11.3. The standard InChI is InChI=1S/C13H21N3O2S/c1-9(2)10-3-4-16(8-10)12-5-11(14)6-13(7-12)19(15,17)18/h5-7,9-10H,3-4,8,14H2,1-2H3,(H2,15,17,18). The van der Waals surface area contributed by atoms with E-state index in [-0.39, 0.29) is 4.90 Å². The van der Waals surface area contributed by atoms with Crippen molar-refractivity contribution in [3.05, 3.63) is 18.2 Å². The number of nitrogens with zero attached hydrogens (tertiary/aromatic N) is 1. The Balaban J connectivity index is 2.29. The second kappa shape index (κ2) is 5.02. The van der Waals surface area contributed by atoms with Crippen molar-refractivity contribution in [2.24, 2.45) is 17.0 Å². The average molecular weight is 283 g/mol. The minimum atomic E-state index is -3.71. The molecule has 1 saturated heterocycles. The van der Waals surface area contributed by atoms with Gasteiger partial charge in [-0.05, 0) is 36.5 Å². The van der Waals surface area contributed by atoms with Crippen LogP contribution < -0.4 is 15.8 Å². The molecule has 1 atom stereocenters. The van der Waals surface area contributed by atoms with Crippen molar-refractivity contribution in [3.8, 4) is 0 Å². The number of nitrogens with two attached hydrogens (primary N) is 2. The van der Waals surface area contributed by atoms with Gasteiger partial charge in [0.1, 0.15) is 0 Å². The lowest BCUT2D eigenvalue weighted by molar-refractivity contribution is 0.423. The Morgan fingerprint density at radius 2 is 2.00 bits per heavy atom. The van der Waals surface area contributed by atoms with E-state index < -0.39 is 10.0 Å². The molecule has 1 heterocycles. The van der Waals surface area contributed by atoms with Crippen LogP contribution in [0, 0.1) is 11.8 Å². The summed E-state index contributed by atoms with van der Waals surface area (Å²) in [6.45, 7) is 6.29. The lowest BCUT2D eigenvalue weighted by atomic mass is 9.95. The Labute approximate surface area is 114 Å². The first-order chi connectivity index (χ1) is 8.77. The van der Waals surface area contributed by atoms with Crippen LogP contribution in [0.25, 0.3) is 0 Å². The smallest absolute Gasteiger partial charge is 0.238 e. The van der Waals surface area contributed by atoms with Crippen LogP contribution in [0.15, 0.2) is 23.1 Å². The summed E-state index contributed by atoms with van der Waals surface area (Å²) in [6, 6.07) is 4.81. The molecule has 0 aliphatic carbocycles. The summed E-state index contributed by atoms with van der Waals surface area (Å²) in [5.74, 6) is 1.27. The zero-order chi connectivity index (χ0) is 14.2. The predicted molar refractivity (Wildman–Crippen MR) is 77.4 cm³/mol. The van der Waals surface area contributed by atoms with Crippen molar-refractivity contribution < 1.29 is 8.42 Å². The first-order valence-corrected chi connectivity index (χ1v) is 8.00. The molecule has 0 spiro atoms. The van der Waals surface area contributed by atoms with Crippen molar-refractivity contribution >= 4 is 21.4 Å². The average Bonchev–Trinajstić information content (AvgIpc) is 2.76. The highest BCUT2D eigenvalue weighted by atomic mass is 32.2. The molecule has 1 aliphatic heterocycles. The van der Waals surface area contributed by atoms with Crippen molar-refractivity contribution in [2.75, 3.05) is 23.7 Å². The van der Waals surface area contributed by atoms with Crippen molar-refractivity contribution in [3.63, 3.8) is 0 Å². The van der Waals surface area contributed by atoms with Crippen LogP contribution in [0.1, 0.15) is 20.3 Å². The van der Waals surface area contributed by atoms with E-state index in [2.05, 4.69) is 18.7 Å². The highest BCUT2D eigenvalue weighted by Gasteiger charge is 2.25. The lowest BCUT2D eigenvalue weighted by Crippen LogP contribution is -2.22. The number of rotatable bonds is 3. The van der Waals surface area contributed by atoms with Gasteiger partial charge in [0.15, 0.2) is 0 Å². The Kier molecular flexibility index (Phi) is 3.73. The maximum absolute atomic E-state index is 11.4. The molecule has 2 rings (SSSR count). The summed E-state index contributed by atoms with van der Waals surface area (Å²) >= 11 is 0. The Bertz CT molecular complexity index is 569. The fraction of sp³-hybridized carbons (Fsp3) is 0.538. The number of hydrogen-bond acceptors (Lipinski definition) is 4. The first-order valence-electron chi connectivity index (χ1n) is 6.45. The summed E-state index contributed by atoms with van der Waals surface area (Å²) in [7, 11) is -3.71. The van der Waals surface area contributed by atoms with Crippen LogP contribution >= 0.6 is 0 Å². The number of anilines is 2. The molecule has 0 saturated carbocycles. The van der Waals surface area contributed by atoms with Crippen molar-refractivity contribution in [2.45, 2.75) is 25.2 Å². The maximum Gasteiger partial charge on any atom is 0.238 e. The predicted octanol–water partition coefficient (Wildman–Crippen LogP) is 1.40. The van der Waals surface area contributed by atoms with Crippen LogP contribution in [0.4, 0.5) is 11.4 Å². The number of nitrogen functional groups attached to an aromatic ring is 1. The van der Waals surface area contributed by atoms with Gasteiger partial charge in [0.05, 0.1) is 4.90 Å². The molecule has 0 aromatic heterocycles. The second-order valence-electron chi connectivity index (χ2n) is 5.54. The molecule has 6 heteroatoms. The van der Waals surface area contributed by atoms with Crippen LogP contribution in [0.3, 0.4) is 0 Å². The van der Waals surface area contributed by atoms with E-state index in [1.807, 2.05) is 0 Å². The summed E-state index contributed by atoms with van der Waals surface area (Å²) in [5.41, 5.74) is 7.04. The van der Waals surface area contributed by atoms with Gasteiger partial charge >= 0.3 is 0 Å². The van der Waals surface area contributed by atoms with E-state index in [9.17, 15) is 8.42 Å². The van der Waals surface area contributed by atoms with Gasteiger partial charge in [0, 0.05) is 24.5 Å². The fourth-order valence-electron chi connectivity index (χ4n) is 2.52. The van der Waals surface area contributed by atoms with Gasteiger partial charge in [0.25, 0.3) is 0 Å². The monoisotopic (exact) mass is 283 g/mol. The van der Waals surface area contributed by atoms with Gasteiger partial charge in [-0.25, -0.2) is 13.6 Å². The molecule has 0 radical (unpaired) electrons. The molecule has 0 bridgehead atoms. The van der Waals surface area contributed by atoms with E-state index >= 15 is 0 Å². The van der Waals surface area contributed by atoms with Crippen LogP contribution in [0.5, 0.6) is 0 Å². The molecule has 1 aromatic rings. The molecule has 106 valence electrons. The number of sulfonamides is 1. The van der Waals surface area contributed by atoms with Gasteiger partial charge in [-0.1, -0.05) is 13.8 Å². The van der Waals surface area contributed by atoms with E-state index in [1.54, 1.807) is 12.1 Å². The molecule has 0 amide bonds. The Morgan fingerprint density at radius 1 is 1.32 bits per heavy atom. The van der Waals surface area contributed by atoms with E-state index in [0.29, 0.717) is 17.5 Å². The molecular formula is C13H21N3O2S. The highest BCUT2D eigenvalue weighted by molar-refractivity contribution is 7.89. The molecule has 1 unspecified atom stereocenters. The fourth-order valence-corrected chi connectivity index (χ4v) is 3.10. The van der Waals surface area contributed by atoms with Crippen molar-refractivity contribution in [1.82, 2.24) is 0 Å². The van der Waals surface area contributed by atoms with Gasteiger partial charge in [-0.3, -0.25) is 0 Å². The first kappa shape index (κ1) is 14.1. The van der Waals surface area contributed by atoms with Crippen molar-refractivity contribution in [1.29, 1.82) is 0 Å². The van der Waals surface area contributed by atoms with Gasteiger partial charge < -0.3 is 10.6 Å². The normalized spacial score (nSPS) is 20.2. The maximum atomic E-state index is 11.4. The van der Waals surface area contributed by atoms with E-state index in [1.165, 1.54) is 6.07 Å². The van der Waals surface area contributed by atoms with Gasteiger partial charge in [0.2, 0.25) is 10.0 Å². The molecule has 19 heavy (non-hydrogen) atoms. The van der Waals surface area contributed by atoms with E-state index in [0.717, 1.165) is 25.2 Å². The Morgan fingerprint density at radius 3 is 2.53 bits per heavy atom. The molecule has 4 N–H and O–H groups in total. The molecule has 1 fully saturated rings. The Hall–Kier alpha value is -1.27. The lowest BCUT2D eigenvalue weighted by Gasteiger charge is -2.21. The summed E-state index contributed by atoms with van der Waals surface area (Å²) in [6.07, 6.45) is 1.12. The summed E-state index contributed by atoms with van der Waals surface area (Å²) in [5, 5.41) is 5.17. The quantitative estimate of drug-likeness (QED) is 0.820. The zero-order valence-corrected chi connectivity index (χ0v) is 12.2. The van der Waals surface area contributed by atoms with E-state index in [4.69, 9.17) is 10.9 Å². The molecule has 5 nitrogen and oxygen atoms in total. The third-order valence-corrected chi connectivity index (χ3v) is 4.67. The third kappa shape index (κ3) is 3.19. The highest BCUT2D eigenvalue weighted by Crippen LogP contribution is 2.30. The minimum absolute atomic E-state index is 0.0792. The third-order valence-electron chi connectivity index (χ3n) is 3.77. The minimum Gasteiger partial charge on any atom is -0.399 e. The van der Waals surface area contributed by atoms with Gasteiger partial charge in [-0.2, -0.15) is 0 Å². The molecular weight excluding hydrogens is 262 g/mol. The number of benzene rings is 1. The number of primary sulfonamides is 1. The SMILES string of the molecule is CC(C)C1CCN(c2cc(N)cc(S(N)(=O)=O)c2)C1. The number of hydrogen-bond donors (Lipinski definition) is 2. The van der Waals surface area contributed by atoms with Crippen LogP contribution in [0.2, 0.25) is 0 Å². The van der Waals surface area contributed by atoms with Crippen LogP contribution in [-0.4, -0.2) is 21.5 Å². The molecule has 1 aliphatic rings. The largest absolute Gasteiger partial charge is 0.399 e. The second-order valence-corrected chi connectivity index (χ2v) is 7.11. The van der Waals surface area contributed by atoms with Crippen LogP contribution in [-0.2, 0) is 10.0 Å².